The third-order valence-corrected chi connectivity index (χ3v) is 3.80. The summed E-state index contributed by atoms with van der Waals surface area (Å²) in [5.41, 5.74) is 0.963. The second-order valence-corrected chi connectivity index (χ2v) is 4.81. The van der Waals surface area contributed by atoms with Crippen LogP contribution in [0.3, 0.4) is 0 Å². The van der Waals surface area contributed by atoms with Gasteiger partial charge in [0.25, 0.3) is 5.03 Å². The Labute approximate surface area is 103 Å². The number of rotatable bonds is 1. The lowest BCUT2D eigenvalue weighted by Crippen LogP contribution is -2.24. The molecule has 3 nitrogen and oxygen atoms in total. The second kappa shape index (κ2) is 4.22. The number of fused-ring (bicyclic) bond motifs is 1. The first-order chi connectivity index (χ1) is 8.34. The van der Waals surface area contributed by atoms with Crippen molar-refractivity contribution in [1.82, 2.24) is 0 Å². The maximum Gasteiger partial charge on any atom is 0.329 e. The van der Waals surface area contributed by atoms with Crippen LogP contribution >= 0.6 is 11.8 Å². The van der Waals surface area contributed by atoms with E-state index in [0.717, 1.165) is 10.6 Å². The summed E-state index contributed by atoms with van der Waals surface area (Å²) in [6.45, 7) is 0. The van der Waals surface area contributed by atoms with E-state index in [1.165, 1.54) is 11.8 Å². The van der Waals surface area contributed by atoms with Crippen molar-refractivity contribution in [3.63, 3.8) is 0 Å². The Bertz CT molecular complexity index is 556. The Balaban J connectivity index is 1.98. The summed E-state index contributed by atoms with van der Waals surface area (Å²) in [7, 11) is 0. The second-order valence-electron chi connectivity index (χ2n) is 3.69. The SMILES string of the molecule is O=C1Oc2ccc[nH+]c2SC1c1ccccc1. The largest absolute Gasteiger partial charge is 0.418 e. The van der Waals surface area contributed by atoms with Crippen molar-refractivity contribution in [2.24, 2.45) is 0 Å². The van der Waals surface area contributed by atoms with E-state index in [1.807, 2.05) is 42.6 Å². The van der Waals surface area contributed by atoms with Gasteiger partial charge in [0.2, 0.25) is 5.75 Å². The summed E-state index contributed by atoms with van der Waals surface area (Å²) in [6, 6.07) is 13.3. The molecule has 0 fully saturated rings. The van der Waals surface area contributed by atoms with Gasteiger partial charge in [0, 0.05) is 6.07 Å². The molecule has 2 aromatic rings. The van der Waals surface area contributed by atoms with E-state index in [-0.39, 0.29) is 11.2 Å². The molecule has 2 heterocycles. The average Bonchev–Trinajstić information content (AvgIpc) is 2.39. The van der Waals surface area contributed by atoms with Crippen LogP contribution in [-0.4, -0.2) is 5.97 Å². The summed E-state index contributed by atoms with van der Waals surface area (Å²) in [6.07, 6.45) is 1.83. The highest BCUT2D eigenvalue weighted by Gasteiger charge is 2.34. The summed E-state index contributed by atoms with van der Waals surface area (Å²) >= 11 is 1.49. The molecule has 0 spiro atoms. The zero-order chi connectivity index (χ0) is 11.7. The third-order valence-electron chi connectivity index (χ3n) is 2.54. The molecule has 0 radical (unpaired) electrons. The number of aromatic amines is 1. The Hall–Kier alpha value is -1.81. The molecule has 84 valence electrons. The van der Waals surface area contributed by atoms with Crippen molar-refractivity contribution >= 4 is 17.7 Å². The predicted molar refractivity (Wildman–Crippen MR) is 63.7 cm³/mol. The van der Waals surface area contributed by atoms with Crippen LogP contribution in [0, 0.1) is 0 Å². The van der Waals surface area contributed by atoms with Gasteiger partial charge in [-0.3, -0.25) is 4.79 Å². The Morgan fingerprint density at radius 2 is 1.94 bits per heavy atom. The van der Waals surface area contributed by atoms with Gasteiger partial charge in [0.15, 0.2) is 6.20 Å². The molecule has 17 heavy (non-hydrogen) atoms. The highest BCUT2D eigenvalue weighted by atomic mass is 32.2. The first kappa shape index (κ1) is 10.4. The topological polar surface area (TPSA) is 40.4 Å². The van der Waals surface area contributed by atoms with E-state index in [0.29, 0.717) is 5.75 Å². The third kappa shape index (κ3) is 1.91. The molecular weight excluding hydrogens is 234 g/mol. The Kier molecular flexibility index (Phi) is 2.57. The minimum atomic E-state index is -0.289. The number of carbonyl (C=O) groups is 1. The molecule has 1 aromatic heterocycles. The molecule has 1 atom stereocenters. The molecule has 3 rings (SSSR count). The summed E-state index contributed by atoms with van der Waals surface area (Å²) < 4.78 is 5.31. The fourth-order valence-electron chi connectivity index (χ4n) is 1.74. The number of esters is 1. The fraction of sp³-hybridized carbons (Fsp3) is 0.0769. The number of ether oxygens (including phenoxy) is 1. The van der Waals surface area contributed by atoms with Crippen molar-refractivity contribution in [2.45, 2.75) is 10.3 Å². The number of thioether (sulfide) groups is 1. The monoisotopic (exact) mass is 244 g/mol. The molecule has 4 heteroatoms. The minimum absolute atomic E-state index is 0.215. The number of hydrogen-bond donors (Lipinski definition) is 0. The molecule has 1 N–H and O–H groups in total. The van der Waals surface area contributed by atoms with Crippen molar-refractivity contribution in [2.75, 3.05) is 0 Å². The minimum Gasteiger partial charge on any atom is -0.418 e. The number of aromatic nitrogens is 1. The van der Waals surface area contributed by atoms with E-state index in [1.54, 1.807) is 6.07 Å². The molecule has 0 aliphatic carbocycles. The van der Waals surface area contributed by atoms with Crippen molar-refractivity contribution in [3.8, 4) is 5.75 Å². The summed E-state index contributed by atoms with van der Waals surface area (Å²) in [4.78, 5) is 15.0. The fourth-order valence-corrected chi connectivity index (χ4v) is 2.77. The molecular formula is C13H10NO2S+. The summed E-state index contributed by atoms with van der Waals surface area (Å²) in [5, 5.41) is 0.600. The van der Waals surface area contributed by atoms with Crippen LogP contribution in [0.25, 0.3) is 0 Å². The van der Waals surface area contributed by atoms with Gasteiger partial charge >= 0.3 is 5.97 Å². The first-order valence-electron chi connectivity index (χ1n) is 5.28. The van der Waals surface area contributed by atoms with Gasteiger partial charge in [0.05, 0.1) is 0 Å². The van der Waals surface area contributed by atoms with E-state index >= 15 is 0 Å². The maximum absolute atomic E-state index is 11.9. The quantitative estimate of drug-likeness (QED) is 0.722. The molecule has 0 amide bonds. The van der Waals surface area contributed by atoms with Gasteiger partial charge in [-0.25, -0.2) is 4.98 Å². The summed E-state index contributed by atoms with van der Waals surface area (Å²) in [5.74, 6) is 0.392. The van der Waals surface area contributed by atoms with E-state index in [4.69, 9.17) is 4.74 Å². The average molecular weight is 244 g/mol. The predicted octanol–water partition coefficient (Wildman–Crippen LogP) is 2.25. The first-order valence-corrected chi connectivity index (χ1v) is 6.16. The van der Waals surface area contributed by atoms with E-state index in [2.05, 4.69) is 4.98 Å². The van der Waals surface area contributed by atoms with Gasteiger partial charge in [-0.05, 0) is 23.4 Å². The maximum atomic E-state index is 11.9. The zero-order valence-electron chi connectivity index (χ0n) is 8.92. The molecule has 1 aliphatic heterocycles. The molecule has 1 aromatic carbocycles. The number of benzene rings is 1. The van der Waals surface area contributed by atoms with Crippen molar-refractivity contribution in [3.05, 3.63) is 54.2 Å². The smallest absolute Gasteiger partial charge is 0.329 e. The van der Waals surface area contributed by atoms with Crippen LogP contribution in [0.15, 0.2) is 53.7 Å². The lowest BCUT2D eigenvalue weighted by Gasteiger charge is -2.18. The Morgan fingerprint density at radius 3 is 2.76 bits per heavy atom. The van der Waals surface area contributed by atoms with Gasteiger partial charge in [-0.15, -0.1) is 0 Å². The standard InChI is InChI=1S/C13H9NO2S/c15-13-11(9-5-2-1-3-6-9)17-12-10(16-13)7-4-8-14-12/h1-8,11H/p+1. The van der Waals surface area contributed by atoms with Gasteiger partial charge in [-0.2, -0.15) is 0 Å². The van der Waals surface area contributed by atoms with Crippen molar-refractivity contribution < 1.29 is 14.5 Å². The molecule has 1 unspecified atom stereocenters. The van der Waals surface area contributed by atoms with Crippen LogP contribution < -0.4 is 9.72 Å². The van der Waals surface area contributed by atoms with Crippen LogP contribution in [0.5, 0.6) is 5.75 Å². The highest BCUT2D eigenvalue weighted by molar-refractivity contribution is 8.00. The van der Waals surface area contributed by atoms with Crippen LogP contribution in [-0.2, 0) is 4.79 Å². The molecule has 0 saturated heterocycles. The Morgan fingerprint density at radius 1 is 1.12 bits per heavy atom. The number of H-pyrrole nitrogens is 1. The number of pyridine rings is 1. The normalized spacial score (nSPS) is 18.4. The van der Waals surface area contributed by atoms with Crippen LogP contribution in [0.4, 0.5) is 0 Å². The lowest BCUT2D eigenvalue weighted by atomic mass is 10.1. The van der Waals surface area contributed by atoms with E-state index < -0.39 is 0 Å². The van der Waals surface area contributed by atoms with Crippen molar-refractivity contribution in [1.29, 1.82) is 0 Å². The van der Waals surface area contributed by atoms with E-state index in [9.17, 15) is 4.79 Å². The molecule has 1 aliphatic rings. The number of nitrogens with one attached hydrogen (secondary N) is 1. The van der Waals surface area contributed by atoms with Gasteiger partial charge in [0.1, 0.15) is 5.25 Å². The number of hydrogen-bond acceptors (Lipinski definition) is 3. The van der Waals surface area contributed by atoms with Crippen LogP contribution in [0.1, 0.15) is 10.8 Å². The van der Waals surface area contributed by atoms with Gasteiger partial charge < -0.3 is 4.74 Å². The van der Waals surface area contributed by atoms with Crippen LogP contribution in [0.2, 0.25) is 0 Å². The molecule has 0 saturated carbocycles. The highest BCUT2D eigenvalue weighted by Crippen LogP contribution is 2.42. The number of carbonyl (C=O) groups excluding carboxylic acids is 1. The van der Waals surface area contributed by atoms with Gasteiger partial charge in [-0.1, -0.05) is 30.3 Å². The zero-order valence-corrected chi connectivity index (χ0v) is 9.74. The molecule has 0 bridgehead atoms. The lowest BCUT2D eigenvalue weighted by molar-refractivity contribution is -0.428.